The number of carbonyl (C=O) groups is 6. The van der Waals surface area contributed by atoms with Gasteiger partial charge in [-0.1, -0.05) is 0 Å². The molecule has 1 aromatic heterocycles. The summed E-state index contributed by atoms with van der Waals surface area (Å²) >= 11 is 0. The maximum Gasteiger partial charge on any atom is 0.408 e. The Hall–Kier alpha value is -4.10. The quantitative estimate of drug-likeness (QED) is 0.0612. The van der Waals surface area contributed by atoms with Gasteiger partial charge in [-0.2, -0.15) is 0 Å². The average molecular weight is 925 g/mol. The highest BCUT2D eigenvalue weighted by Gasteiger charge is 2.32. The van der Waals surface area contributed by atoms with Gasteiger partial charge < -0.3 is 73.5 Å². The van der Waals surface area contributed by atoms with E-state index in [1.54, 1.807) is 93.8 Å². The molecule has 0 aliphatic rings. The third-order valence-electron chi connectivity index (χ3n) is 7.31. The van der Waals surface area contributed by atoms with Crippen LogP contribution in [0.15, 0.2) is 12.4 Å². The third kappa shape index (κ3) is 22.4. The second-order valence-electron chi connectivity index (χ2n) is 17.3. The number of alkyl carbamates (subject to hydrolysis) is 3. The van der Waals surface area contributed by atoms with E-state index in [4.69, 9.17) is 28.4 Å². The zero-order chi connectivity index (χ0) is 43.2. The van der Waals surface area contributed by atoms with Gasteiger partial charge in [-0.05, 0) is 109 Å². The second-order valence-corrected chi connectivity index (χ2v) is 17.3. The fourth-order valence-electron chi connectivity index (χ4n) is 5.14. The molecule has 0 aliphatic carbocycles. The van der Waals surface area contributed by atoms with Crippen molar-refractivity contribution in [1.82, 2.24) is 16.0 Å². The molecule has 0 bridgehead atoms. The first-order valence-electron chi connectivity index (χ1n) is 18.6. The molecular weight excluding hydrogens is 859 g/mol. The van der Waals surface area contributed by atoms with Gasteiger partial charge in [0.25, 0.3) is 0 Å². The molecule has 1 heterocycles. The molecule has 1 aromatic rings. The Bertz CT molecular complexity index is 1530. The summed E-state index contributed by atoms with van der Waals surface area (Å²) in [5, 5.41) is 19.0. The van der Waals surface area contributed by atoms with Gasteiger partial charge in [-0.3, -0.25) is 0 Å². The number of esters is 3. The average Bonchev–Trinajstić information content (AvgIpc) is 3.00. The van der Waals surface area contributed by atoms with Crippen LogP contribution in [0.2, 0.25) is 0 Å². The smallest absolute Gasteiger partial charge is 0.408 e. The number of hydrogen-bond acceptors (Lipinski definition) is 13. The molecular formula is C39H65IN4O13. The van der Waals surface area contributed by atoms with Crippen LogP contribution in [0.3, 0.4) is 0 Å². The van der Waals surface area contributed by atoms with E-state index in [0.717, 1.165) is 7.11 Å². The standard InChI is InChI=1S/C39H64N4O13.HI/c1-36(2,3)53-32(47)26(40-33(48)54-37(4,5)6)17-15-16-20-43-22-24(18-19-27(30(45)51-13)41-34(49)55-38(7,8)9)25(29(44)23-43)21-28(31(46)52-14)42-35(50)56-39(10,11)12;/h22-23,26-28H,15-21H2,1-14H3,(H3-,40,41,42,44,48,49,50);1H/t26-,27-,28-;/m0./s1. The molecule has 0 radical (unpaired) electrons. The van der Waals surface area contributed by atoms with Gasteiger partial charge in [0.15, 0.2) is 11.9 Å². The van der Waals surface area contributed by atoms with E-state index in [1.165, 1.54) is 13.3 Å². The van der Waals surface area contributed by atoms with E-state index < -0.39 is 76.7 Å². The van der Waals surface area contributed by atoms with Crippen LogP contribution in [0.1, 0.15) is 120 Å². The van der Waals surface area contributed by atoms with Gasteiger partial charge in [0.1, 0.15) is 47.1 Å². The molecule has 0 saturated carbocycles. The van der Waals surface area contributed by atoms with Gasteiger partial charge in [0.2, 0.25) is 6.20 Å². The number of ether oxygens (including phenoxy) is 6. The highest BCUT2D eigenvalue weighted by Crippen LogP contribution is 2.24. The lowest BCUT2D eigenvalue weighted by atomic mass is 9.96. The molecule has 3 atom stereocenters. The van der Waals surface area contributed by atoms with Crippen molar-refractivity contribution in [3.63, 3.8) is 0 Å². The number of aromatic nitrogens is 1. The maximum absolute atomic E-state index is 13.0. The largest absolute Gasteiger partial charge is 1.00 e. The predicted molar refractivity (Wildman–Crippen MR) is 204 cm³/mol. The topological polar surface area (TPSA) is 218 Å². The first-order valence-corrected chi connectivity index (χ1v) is 18.6. The van der Waals surface area contributed by atoms with Crippen molar-refractivity contribution in [2.45, 2.75) is 169 Å². The molecule has 0 aromatic carbocycles. The number of carbonyl (C=O) groups excluding carboxylic acids is 6. The third-order valence-corrected chi connectivity index (χ3v) is 7.31. The molecule has 0 aliphatic heterocycles. The molecule has 18 heteroatoms. The van der Waals surface area contributed by atoms with Gasteiger partial charge in [-0.25, -0.2) is 33.3 Å². The summed E-state index contributed by atoms with van der Waals surface area (Å²) in [7, 11) is 2.34. The summed E-state index contributed by atoms with van der Waals surface area (Å²) in [5.74, 6) is -2.36. The number of rotatable bonds is 16. The van der Waals surface area contributed by atoms with Crippen LogP contribution < -0.4 is 44.5 Å². The SMILES string of the molecule is COC(=O)[C@H](CCc1c[n+](CCCC[C@H](NC(=O)OC(C)(C)C)C(=O)OC(C)(C)C)cc(O)c1C[C@H](NC(=O)OC(C)(C)C)C(=O)OC)NC(=O)OC(C)(C)C.[I-]. The highest BCUT2D eigenvalue weighted by molar-refractivity contribution is 5.83. The van der Waals surface area contributed by atoms with E-state index in [-0.39, 0.29) is 61.0 Å². The minimum Gasteiger partial charge on any atom is -1.00 e. The monoisotopic (exact) mass is 924 g/mol. The number of amides is 3. The first kappa shape index (κ1) is 52.9. The first-order chi connectivity index (χ1) is 25.5. The fourth-order valence-corrected chi connectivity index (χ4v) is 5.14. The molecule has 0 spiro atoms. The number of aromatic hydroxyl groups is 1. The predicted octanol–water partition coefficient (Wildman–Crippen LogP) is 1.70. The molecule has 17 nitrogen and oxygen atoms in total. The summed E-state index contributed by atoms with van der Waals surface area (Å²) in [6.07, 6.45) is 1.70. The van der Waals surface area contributed by atoms with E-state index in [0.29, 0.717) is 24.9 Å². The zero-order valence-electron chi connectivity index (χ0n) is 36.0. The van der Waals surface area contributed by atoms with Crippen molar-refractivity contribution in [1.29, 1.82) is 0 Å². The van der Waals surface area contributed by atoms with Crippen LogP contribution in [-0.4, -0.2) is 96.0 Å². The molecule has 57 heavy (non-hydrogen) atoms. The van der Waals surface area contributed by atoms with E-state index >= 15 is 0 Å². The molecule has 1 rings (SSSR count). The Balaban J connectivity index is 0.0000314. The van der Waals surface area contributed by atoms with E-state index in [1.807, 2.05) is 0 Å². The number of hydrogen-bond donors (Lipinski definition) is 4. The van der Waals surface area contributed by atoms with Crippen molar-refractivity contribution in [2.75, 3.05) is 14.2 Å². The van der Waals surface area contributed by atoms with Crippen molar-refractivity contribution in [3.8, 4) is 5.75 Å². The van der Waals surface area contributed by atoms with Crippen molar-refractivity contribution in [2.24, 2.45) is 0 Å². The summed E-state index contributed by atoms with van der Waals surface area (Å²) in [6, 6.07) is -3.40. The Morgan fingerprint density at radius 2 is 1.00 bits per heavy atom. The van der Waals surface area contributed by atoms with Crippen LogP contribution >= 0.6 is 0 Å². The molecule has 0 fully saturated rings. The molecule has 4 N–H and O–H groups in total. The van der Waals surface area contributed by atoms with Gasteiger partial charge in [0.05, 0.1) is 14.2 Å². The lowest BCUT2D eigenvalue weighted by molar-refractivity contribution is -0.698. The number of methoxy groups -OCH3 is 2. The Morgan fingerprint density at radius 3 is 1.42 bits per heavy atom. The van der Waals surface area contributed by atoms with Gasteiger partial charge in [0, 0.05) is 24.0 Å². The lowest BCUT2D eigenvalue weighted by Gasteiger charge is -2.26. The van der Waals surface area contributed by atoms with Crippen molar-refractivity contribution in [3.05, 3.63) is 23.5 Å². The maximum atomic E-state index is 13.0. The zero-order valence-corrected chi connectivity index (χ0v) is 38.2. The summed E-state index contributed by atoms with van der Waals surface area (Å²) in [4.78, 5) is 76.5. The van der Waals surface area contributed by atoms with Crippen LogP contribution in [-0.2, 0) is 62.2 Å². The normalized spacial score (nSPS) is 13.4. The van der Waals surface area contributed by atoms with Gasteiger partial charge in [-0.15, -0.1) is 0 Å². The number of nitrogens with zero attached hydrogens (tertiary/aromatic N) is 1. The van der Waals surface area contributed by atoms with Gasteiger partial charge >= 0.3 is 36.2 Å². The van der Waals surface area contributed by atoms with Crippen LogP contribution in [0, 0.1) is 0 Å². The van der Waals surface area contributed by atoms with Crippen LogP contribution in [0.4, 0.5) is 14.4 Å². The number of nitrogens with one attached hydrogen (secondary N) is 3. The Kier molecular flexibility index (Phi) is 21.1. The van der Waals surface area contributed by atoms with Crippen LogP contribution in [0.5, 0.6) is 5.75 Å². The fraction of sp³-hybridized carbons (Fsp3) is 0.718. The van der Waals surface area contributed by atoms with Crippen molar-refractivity contribution >= 4 is 36.2 Å². The van der Waals surface area contributed by atoms with E-state index in [9.17, 15) is 33.9 Å². The Morgan fingerprint density at radius 1 is 0.596 bits per heavy atom. The summed E-state index contributed by atoms with van der Waals surface area (Å²) in [6.45, 7) is 20.7. The van der Waals surface area contributed by atoms with E-state index in [2.05, 4.69) is 16.0 Å². The second kappa shape index (κ2) is 22.7. The Labute approximate surface area is 354 Å². The number of pyridine rings is 1. The minimum absolute atomic E-state index is 0. The number of aryl methyl sites for hydroxylation is 2. The lowest BCUT2D eigenvalue weighted by Crippen LogP contribution is -3.00. The number of halogens is 1. The molecule has 3 amide bonds. The summed E-state index contributed by atoms with van der Waals surface area (Å²) < 4.78 is 33.1. The molecule has 326 valence electrons. The highest BCUT2D eigenvalue weighted by atomic mass is 127. The molecule has 0 unspecified atom stereocenters. The van der Waals surface area contributed by atoms with Crippen LogP contribution in [0.25, 0.3) is 0 Å². The number of unbranched alkanes of at least 4 members (excludes halogenated alkanes) is 1. The summed E-state index contributed by atoms with van der Waals surface area (Å²) in [5.41, 5.74) is -2.53. The minimum atomic E-state index is -1.27. The molecule has 0 saturated heterocycles. The van der Waals surface area contributed by atoms with Crippen molar-refractivity contribution < 1.29 is 90.8 Å².